The summed E-state index contributed by atoms with van der Waals surface area (Å²) in [6, 6.07) is 21.2. The number of halogens is 1. The highest BCUT2D eigenvalue weighted by Crippen LogP contribution is 2.47. The number of benzene rings is 2. The molecular weight excluding hydrogens is 436 g/mol. The first-order valence-corrected chi connectivity index (χ1v) is 10.7. The summed E-state index contributed by atoms with van der Waals surface area (Å²) in [7, 11) is 0. The van der Waals surface area contributed by atoms with Crippen LogP contribution in [0.3, 0.4) is 0 Å². The molecule has 2 bridgehead atoms. The van der Waals surface area contributed by atoms with Crippen LogP contribution < -0.4 is 17.0 Å². The van der Waals surface area contributed by atoms with Crippen LogP contribution in [0.15, 0.2) is 79.5 Å². The van der Waals surface area contributed by atoms with Gasteiger partial charge in [-0.2, -0.15) is 0 Å². The van der Waals surface area contributed by atoms with Gasteiger partial charge in [0.25, 0.3) is 0 Å². The standard InChI is InChI=1S/C26H29N2O.BrH/c1-2-20-18-28(17-19-8-4-3-5-9-19)15-13-21(20)16-25(28)26(29)23-12-14-27-24-11-7-6-10-22(23)24;/h2-12,14,20-21,25-26,29H,1,13,15-18H2;1H/q+1;/p-1/t20?,21-,25?,26?,28?;/m0./s1. The first kappa shape index (κ1) is 21.2. The Morgan fingerprint density at radius 3 is 2.67 bits per heavy atom. The van der Waals surface area contributed by atoms with Gasteiger partial charge in [0.1, 0.15) is 18.7 Å². The number of aromatic nitrogens is 1. The van der Waals surface area contributed by atoms with E-state index in [1.165, 1.54) is 12.0 Å². The molecule has 0 saturated carbocycles. The van der Waals surface area contributed by atoms with E-state index in [0.717, 1.165) is 47.0 Å². The monoisotopic (exact) mass is 464 g/mol. The third kappa shape index (κ3) is 3.62. The van der Waals surface area contributed by atoms with Crippen LogP contribution >= 0.6 is 0 Å². The van der Waals surface area contributed by atoms with E-state index in [1.807, 2.05) is 30.5 Å². The van der Waals surface area contributed by atoms with Crippen LogP contribution in [0.1, 0.15) is 30.1 Å². The van der Waals surface area contributed by atoms with Gasteiger partial charge >= 0.3 is 0 Å². The molecule has 4 heteroatoms. The van der Waals surface area contributed by atoms with Gasteiger partial charge in [-0.05, 0) is 23.6 Å². The molecule has 3 aromatic rings. The van der Waals surface area contributed by atoms with Gasteiger partial charge in [-0.15, -0.1) is 6.58 Å². The van der Waals surface area contributed by atoms with Gasteiger partial charge in [0, 0.05) is 35.9 Å². The topological polar surface area (TPSA) is 33.1 Å². The van der Waals surface area contributed by atoms with Crippen molar-refractivity contribution in [3.8, 4) is 0 Å². The Morgan fingerprint density at radius 1 is 1.10 bits per heavy atom. The van der Waals surface area contributed by atoms with Crippen molar-refractivity contribution in [2.45, 2.75) is 31.5 Å². The van der Waals surface area contributed by atoms with E-state index in [1.54, 1.807) is 0 Å². The highest BCUT2D eigenvalue weighted by Gasteiger charge is 2.53. The number of quaternary nitrogens is 1. The summed E-state index contributed by atoms with van der Waals surface area (Å²) in [5.41, 5.74) is 3.33. The number of hydrogen-bond donors (Lipinski definition) is 1. The van der Waals surface area contributed by atoms with Crippen LogP contribution in [0.5, 0.6) is 0 Å². The van der Waals surface area contributed by atoms with E-state index in [0.29, 0.717) is 11.8 Å². The van der Waals surface area contributed by atoms with Crippen LogP contribution in [0, 0.1) is 11.8 Å². The SMILES string of the molecule is C=CC1C[N+]2(Cc3ccccc3)CC[C@H]1CC2C(O)c1ccnc2ccccc12.[Br-]. The fourth-order valence-corrected chi connectivity index (χ4v) is 5.91. The second-order valence-electron chi connectivity index (χ2n) is 8.88. The molecule has 3 aliphatic heterocycles. The maximum atomic E-state index is 11.7. The summed E-state index contributed by atoms with van der Waals surface area (Å²) >= 11 is 0. The lowest BCUT2D eigenvalue weighted by atomic mass is 9.71. The molecular formula is C26H29BrN2O. The Labute approximate surface area is 189 Å². The molecule has 4 heterocycles. The lowest BCUT2D eigenvalue weighted by Gasteiger charge is -2.58. The third-order valence-electron chi connectivity index (χ3n) is 7.38. The smallest absolute Gasteiger partial charge is 0.131 e. The minimum atomic E-state index is -0.486. The van der Waals surface area contributed by atoms with Gasteiger partial charge in [0.05, 0.1) is 18.6 Å². The Bertz CT molecular complexity index is 1020. The summed E-state index contributed by atoms with van der Waals surface area (Å²) in [6.07, 6.45) is 5.79. The molecule has 6 rings (SSSR count). The number of aliphatic hydroxyl groups excluding tert-OH is 1. The van der Waals surface area contributed by atoms with Gasteiger partial charge in [0.2, 0.25) is 0 Å². The van der Waals surface area contributed by atoms with E-state index < -0.39 is 6.10 Å². The second-order valence-corrected chi connectivity index (χ2v) is 8.88. The molecule has 0 radical (unpaired) electrons. The average molecular weight is 465 g/mol. The van der Waals surface area contributed by atoms with E-state index >= 15 is 0 Å². The van der Waals surface area contributed by atoms with Gasteiger partial charge in [-0.25, -0.2) is 0 Å². The molecule has 3 aliphatic rings. The highest BCUT2D eigenvalue weighted by atomic mass is 79.9. The molecule has 0 aliphatic carbocycles. The zero-order valence-electron chi connectivity index (χ0n) is 17.2. The molecule has 1 N–H and O–H groups in total. The molecule has 3 fully saturated rings. The molecule has 3 nitrogen and oxygen atoms in total. The zero-order chi connectivity index (χ0) is 19.8. The van der Waals surface area contributed by atoms with Crippen molar-refractivity contribution in [3.05, 3.63) is 90.6 Å². The van der Waals surface area contributed by atoms with Crippen molar-refractivity contribution in [1.29, 1.82) is 0 Å². The lowest BCUT2D eigenvalue weighted by Crippen LogP contribution is -3.00. The molecule has 1 aromatic heterocycles. The maximum absolute atomic E-state index is 11.7. The molecule has 0 amide bonds. The number of piperidine rings is 3. The third-order valence-corrected chi connectivity index (χ3v) is 7.38. The van der Waals surface area contributed by atoms with Crippen LogP contribution in [-0.2, 0) is 6.54 Å². The number of pyridine rings is 1. The first-order chi connectivity index (χ1) is 14.2. The molecule has 30 heavy (non-hydrogen) atoms. The van der Waals surface area contributed by atoms with Crippen LogP contribution in [-0.4, -0.2) is 33.7 Å². The van der Waals surface area contributed by atoms with E-state index in [4.69, 9.17) is 0 Å². The van der Waals surface area contributed by atoms with Crippen molar-refractivity contribution in [2.24, 2.45) is 11.8 Å². The fraction of sp³-hybridized carbons (Fsp3) is 0.346. The Kier molecular flexibility index (Phi) is 6.10. The van der Waals surface area contributed by atoms with Gasteiger partial charge in [-0.1, -0.05) is 54.6 Å². The summed E-state index contributed by atoms with van der Waals surface area (Å²) in [5.74, 6) is 1.18. The van der Waals surface area contributed by atoms with Crippen LogP contribution in [0.4, 0.5) is 0 Å². The Hall–Kier alpha value is -2.01. The van der Waals surface area contributed by atoms with E-state index in [9.17, 15) is 5.11 Å². The molecule has 0 spiro atoms. The molecule has 4 unspecified atom stereocenters. The van der Waals surface area contributed by atoms with Crippen molar-refractivity contribution in [3.63, 3.8) is 0 Å². The largest absolute Gasteiger partial charge is 1.00 e. The van der Waals surface area contributed by atoms with Crippen LogP contribution in [0.2, 0.25) is 0 Å². The van der Waals surface area contributed by atoms with Crippen molar-refractivity contribution >= 4 is 10.9 Å². The summed E-state index contributed by atoms with van der Waals surface area (Å²) in [5, 5.41) is 12.8. The number of para-hydroxylation sites is 1. The normalized spacial score (nSPS) is 28.6. The summed E-state index contributed by atoms with van der Waals surface area (Å²) < 4.78 is 0.953. The molecule has 3 saturated heterocycles. The average Bonchev–Trinajstić information content (AvgIpc) is 2.78. The highest BCUT2D eigenvalue weighted by molar-refractivity contribution is 5.82. The van der Waals surface area contributed by atoms with Crippen molar-refractivity contribution in [1.82, 2.24) is 4.98 Å². The number of fused-ring (bicyclic) bond motifs is 4. The molecule has 5 atom stereocenters. The predicted molar refractivity (Wildman–Crippen MR) is 117 cm³/mol. The zero-order valence-corrected chi connectivity index (χ0v) is 18.8. The fourth-order valence-electron chi connectivity index (χ4n) is 5.91. The van der Waals surface area contributed by atoms with Gasteiger partial charge in [-0.3, -0.25) is 4.98 Å². The minimum absolute atomic E-state index is 0. The second kappa shape index (κ2) is 8.62. The lowest BCUT2D eigenvalue weighted by molar-refractivity contribution is -0.984. The van der Waals surface area contributed by atoms with Crippen molar-refractivity contribution < 1.29 is 26.6 Å². The Morgan fingerprint density at radius 2 is 1.87 bits per heavy atom. The summed E-state index contributed by atoms with van der Waals surface area (Å²) in [4.78, 5) is 4.50. The quantitative estimate of drug-likeness (QED) is 0.461. The van der Waals surface area contributed by atoms with Crippen molar-refractivity contribution in [2.75, 3.05) is 13.1 Å². The summed E-state index contributed by atoms with van der Waals surface area (Å²) in [6.45, 7) is 7.32. The minimum Gasteiger partial charge on any atom is -1.00 e. The van der Waals surface area contributed by atoms with E-state index in [2.05, 4.69) is 54.0 Å². The number of rotatable bonds is 5. The van der Waals surface area contributed by atoms with Crippen LogP contribution in [0.25, 0.3) is 10.9 Å². The predicted octanol–water partition coefficient (Wildman–Crippen LogP) is 1.88. The van der Waals surface area contributed by atoms with E-state index in [-0.39, 0.29) is 23.0 Å². The molecule has 2 aromatic carbocycles. The molecule has 156 valence electrons. The number of aliphatic hydroxyl groups is 1. The van der Waals surface area contributed by atoms with Gasteiger partial charge in [0.15, 0.2) is 0 Å². The maximum Gasteiger partial charge on any atom is 0.131 e. The Balaban J connectivity index is 0.00000218. The number of nitrogens with zero attached hydrogens (tertiary/aromatic N) is 2. The number of hydrogen-bond acceptors (Lipinski definition) is 2. The first-order valence-electron chi connectivity index (χ1n) is 10.7. The van der Waals surface area contributed by atoms with Gasteiger partial charge < -0.3 is 26.6 Å².